The van der Waals surface area contributed by atoms with E-state index in [1.165, 1.54) is 30.7 Å². The second-order valence-electron chi connectivity index (χ2n) is 6.68. The third-order valence-electron chi connectivity index (χ3n) is 4.71. The summed E-state index contributed by atoms with van der Waals surface area (Å²) in [6.07, 6.45) is -4.52. The molecule has 0 fully saturated rings. The van der Waals surface area contributed by atoms with E-state index in [1.807, 2.05) is 0 Å². The number of sulfonamides is 1. The first kappa shape index (κ1) is 21.8. The van der Waals surface area contributed by atoms with E-state index in [4.69, 9.17) is 5.11 Å². The molecule has 0 saturated carbocycles. The Morgan fingerprint density at radius 1 is 1.27 bits per heavy atom. The van der Waals surface area contributed by atoms with Crippen LogP contribution in [0.3, 0.4) is 0 Å². The van der Waals surface area contributed by atoms with Gasteiger partial charge in [0.05, 0.1) is 22.6 Å². The van der Waals surface area contributed by atoms with Crippen LogP contribution in [-0.2, 0) is 29.8 Å². The lowest BCUT2D eigenvalue weighted by molar-refractivity contribution is -0.137. The van der Waals surface area contributed by atoms with Crippen LogP contribution in [0.5, 0.6) is 0 Å². The quantitative estimate of drug-likeness (QED) is 0.608. The first-order valence-electron chi connectivity index (χ1n) is 8.85. The van der Waals surface area contributed by atoms with Crippen LogP contribution < -0.4 is 4.72 Å². The molecule has 162 valence electrons. The van der Waals surface area contributed by atoms with Crippen molar-refractivity contribution < 1.29 is 31.5 Å². The average Bonchev–Trinajstić information content (AvgIpc) is 3.20. The lowest BCUT2D eigenvalue weighted by Crippen LogP contribution is -2.30. The van der Waals surface area contributed by atoms with Crippen LogP contribution in [0.15, 0.2) is 35.4 Å². The van der Waals surface area contributed by atoms with Crippen molar-refractivity contribution in [3.8, 4) is 0 Å². The summed E-state index contributed by atoms with van der Waals surface area (Å²) in [6, 6.07) is 4.59. The van der Waals surface area contributed by atoms with E-state index in [1.54, 1.807) is 6.92 Å². The Balaban J connectivity index is 2.00. The van der Waals surface area contributed by atoms with E-state index in [-0.39, 0.29) is 28.6 Å². The molecule has 3 aromatic rings. The second-order valence-corrected chi connectivity index (χ2v) is 8.34. The van der Waals surface area contributed by atoms with E-state index in [0.29, 0.717) is 5.52 Å². The summed E-state index contributed by atoms with van der Waals surface area (Å²) >= 11 is 0. The number of hydrogen-bond donors (Lipinski definition) is 2. The van der Waals surface area contributed by atoms with Crippen LogP contribution in [0.1, 0.15) is 41.8 Å². The van der Waals surface area contributed by atoms with Gasteiger partial charge in [0.15, 0.2) is 5.03 Å². The van der Waals surface area contributed by atoms with E-state index in [2.05, 4.69) is 9.71 Å². The van der Waals surface area contributed by atoms with Gasteiger partial charge in [-0.1, -0.05) is 0 Å². The SMILES string of the molecule is CCn1c(C(C)NS(=O)(=O)c2ccc(C(=O)O)n2C)nc2ccc(C(F)(F)F)cc21. The number of nitrogens with one attached hydrogen (secondary N) is 1. The van der Waals surface area contributed by atoms with Crippen molar-refractivity contribution in [3.05, 3.63) is 47.4 Å². The summed E-state index contributed by atoms with van der Waals surface area (Å²) in [7, 11) is -2.82. The highest BCUT2D eigenvalue weighted by Gasteiger charge is 2.32. The Labute approximate surface area is 170 Å². The summed E-state index contributed by atoms with van der Waals surface area (Å²) in [6.45, 7) is 3.49. The van der Waals surface area contributed by atoms with Crippen molar-refractivity contribution in [3.63, 3.8) is 0 Å². The molecule has 8 nitrogen and oxygen atoms in total. The van der Waals surface area contributed by atoms with E-state index in [9.17, 15) is 26.4 Å². The number of imidazole rings is 1. The molecular weight excluding hydrogens is 425 g/mol. The van der Waals surface area contributed by atoms with Crippen LogP contribution in [0.25, 0.3) is 11.0 Å². The van der Waals surface area contributed by atoms with Crippen LogP contribution in [0.2, 0.25) is 0 Å². The third kappa shape index (κ3) is 3.79. The predicted octanol–water partition coefficient (Wildman–Crippen LogP) is 3.15. The van der Waals surface area contributed by atoms with Gasteiger partial charge in [-0.3, -0.25) is 0 Å². The maximum absolute atomic E-state index is 13.1. The van der Waals surface area contributed by atoms with Crippen molar-refractivity contribution >= 4 is 27.0 Å². The predicted molar refractivity (Wildman–Crippen MR) is 102 cm³/mol. The third-order valence-corrected chi connectivity index (χ3v) is 6.34. The molecule has 0 aliphatic rings. The number of aromatic nitrogens is 3. The number of carboxylic acids is 1. The molecule has 2 heterocycles. The van der Waals surface area contributed by atoms with Crippen molar-refractivity contribution in [2.45, 2.75) is 37.6 Å². The number of nitrogens with zero attached hydrogens (tertiary/aromatic N) is 3. The Bertz CT molecular complexity index is 1230. The number of hydrogen-bond acceptors (Lipinski definition) is 4. The number of aryl methyl sites for hydroxylation is 1. The van der Waals surface area contributed by atoms with E-state index < -0.39 is 33.8 Å². The molecule has 30 heavy (non-hydrogen) atoms. The maximum atomic E-state index is 13.1. The average molecular weight is 444 g/mol. The Hall–Kier alpha value is -2.86. The maximum Gasteiger partial charge on any atom is 0.416 e. The normalized spacial score (nSPS) is 13.7. The van der Waals surface area contributed by atoms with Crippen LogP contribution in [0.4, 0.5) is 13.2 Å². The zero-order valence-electron chi connectivity index (χ0n) is 16.2. The van der Waals surface area contributed by atoms with Gasteiger partial charge in [-0.05, 0) is 44.2 Å². The zero-order valence-corrected chi connectivity index (χ0v) is 17.0. The van der Waals surface area contributed by atoms with Gasteiger partial charge in [0.2, 0.25) is 0 Å². The lowest BCUT2D eigenvalue weighted by atomic mass is 10.2. The van der Waals surface area contributed by atoms with Gasteiger partial charge >= 0.3 is 12.1 Å². The minimum absolute atomic E-state index is 0.205. The highest BCUT2D eigenvalue weighted by molar-refractivity contribution is 7.89. The van der Waals surface area contributed by atoms with E-state index in [0.717, 1.165) is 22.8 Å². The first-order chi connectivity index (χ1) is 13.9. The smallest absolute Gasteiger partial charge is 0.416 e. The minimum Gasteiger partial charge on any atom is -0.477 e. The van der Waals surface area contributed by atoms with E-state index >= 15 is 0 Å². The van der Waals surface area contributed by atoms with Crippen molar-refractivity contribution in [1.82, 2.24) is 18.8 Å². The molecule has 12 heteroatoms. The highest BCUT2D eigenvalue weighted by Crippen LogP contribution is 2.32. The second kappa shape index (κ2) is 7.43. The Kier molecular flexibility index (Phi) is 5.41. The fraction of sp³-hybridized carbons (Fsp3) is 0.333. The highest BCUT2D eigenvalue weighted by atomic mass is 32.2. The van der Waals surface area contributed by atoms with Crippen LogP contribution in [0, 0.1) is 0 Å². The lowest BCUT2D eigenvalue weighted by Gasteiger charge is -2.16. The molecule has 3 rings (SSSR count). The summed E-state index contributed by atoms with van der Waals surface area (Å²) in [5, 5.41) is 8.84. The number of benzene rings is 1. The number of carboxylic acid groups (broad SMARTS) is 1. The number of alkyl halides is 3. The molecule has 1 atom stereocenters. The first-order valence-corrected chi connectivity index (χ1v) is 10.3. The van der Waals surface area contributed by atoms with Crippen molar-refractivity contribution in [1.29, 1.82) is 0 Å². The standard InChI is InChI=1S/C18H19F3N4O4S/c1-4-25-14-9-11(18(19,20)21)5-6-12(14)22-16(25)10(2)23-30(28,29)15-8-7-13(17(26)27)24(15)3/h5-10,23H,4H2,1-3H3,(H,26,27). The number of halogens is 3. The molecule has 0 aliphatic heterocycles. The summed E-state index contributed by atoms with van der Waals surface area (Å²) in [4.78, 5) is 15.5. The summed E-state index contributed by atoms with van der Waals surface area (Å²) in [5.41, 5.74) is -0.490. The molecule has 0 bridgehead atoms. The largest absolute Gasteiger partial charge is 0.477 e. The topological polar surface area (TPSA) is 106 Å². The molecule has 2 aromatic heterocycles. The fourth-order valence-corrected chi connectivity index (χ4v) is 4.70. The van der Waals surface area contributed by atoms with Crippen LogP contribution in [-0.4, -0.2) is 33.6 Å². The monoisotopic (exact) mass is 444 g/mol. The van der Waals surface area contributed by atoms with Gasteiger partial charge in [-0.15, -0.1) is 0 Å². The molecule has 0 radical (unpaired) electrons. The van der Waals surface area contributed by atoms with Gasteiger partial charge in [0, 0.05) is 13.6 Å². The molecule has 2 N–H and O–H groups in total. The molecule has 0 aliphatic carbocycles. The molecule has 0 spiro atoms. The summed E-state index contributed by atoms with van der Waals surface area (Å²) in [5.74, 6) is -1.04. The number of fused-ring (bicyclic) bond motifs is 1. The molecule has 0 amide bonds. The molecular formula is C18H19F3N4O4S. The number of rotatable bonds is 6. The van der Waals surface area contributed by atoms with Gasteiger partial charge in [0.1, 0.15) is 11.5 Å². The Morgan fingerprint density at radius 3 is 2.47 bits per heavy atom. The van der Waals surface area contributed by atoms with Crippen molar-refractivity contribution in [2.75, 3.05) is 0 Å². The zero-order chi connectivity index (χ0) is 22.4. The number of carbonyl (C=O) groups is 1. The van der Waals surface area contributed by atoms with Gasteiger partial charge in [-0.25, -0.2) is 18.2 Å². The van der Waals surface area contributed by atoms with Gasteiger partial charge in [-0.2, -0.15) is 17.9 Å². The fourth-order valence-electron chi connectivity index (χ4n) is 3.30. The number of aromatic carboxylic acids is 1. The molecule has 1 aromatic carbocycles. The van der Waals surface area contributed by atoms with Crippen LogP contribution >= 0.6 is 0 Å². The Morgan fingerprint density at radius 2 is 1.93 bits per heavy atom. The van der Waals surface area contributed by atoms with Gasteiger partial charge < -0.3 is 14.2 Å². The molecule has 0 saturated heterocycles. The minimum atomic E-state index is -4.52. The van der Waals surface area contributed by atoms with Crippen molar-refractivity contribution in [2.24, 2.45) is 7.05 Å². The van der Waals surface area contributed by atoms with Gasteiger partial charge in [0.25, 0.3) is 10.0 Å². The summed E-state index contributed by atoms with van der Waals surface area (Å²) < 4.78 is 69.6. The molecule has 1 unspecified atom stereocenters.